The predicted octanol–water partition coefficient (Wildman–Crippen LogP) is 4.27. The predicted molar refractivity (Wildman–Crippen MR) is 112 cm³/mol. The first-order chi connectivity index (χ1) is 13.4. The van der Waals surface area contributed by atoms with Crippen LogP contribution >= 0.6 is 11.3 Å². The summed E-state index contributed by atoms with van der Waals surface area (Å²) in [6.45, 7) is 3.35. The molecule has 0 spiro atoms. The number of ether oxygens (including phenoxy) is 1. The molecule has 0 unspecified atom stereocenters. The number of benzene rings is 2. The van der Waals surface area contributed by atoms with Gasteiger partial charge in [0.1, 0.15) is 10.8 Å². The van der Waals surface area contributed by atoms with Gasteiger partial charge in [-0.1, -0.05) is 18.2 Å². The Hall–Kier alpha value is -3.19. The van der Waals surface area contributed by atoms with Gasteiger partial charge in [-0.3, -0.25) is 9.59 Å². The van der Waals surface area contributed by atoms with Gasteiger partial charge in [0.25, 0.3) is 0 Å². The van der Waals surface area contributed by atoms with Gasteiger partial charge in [0.15, 0.2) is 0 Å². The maximum absolute atomic E-state index is 12.5. The number of hydrogen-bond acceptors (Lipinski definition) is 5. The minimum Gasteiger partial charge on any atom is -0.497 e. The molecule has 0 aliphatic heterocycles. The van der Waals surface area contributed by atoms with Crippen molar-refractivity contribution in [2.45, 2.75) is 20.3 Å². The molecule has 6 nitrogen and oxygen atoms in total. The molecular formula is C21H21N3O3S. The fraction of sp³-hybridized carbons (Fsp3) is 0.190. The van der Waals surface area contributed by atoms with Gasteiger partial charge in [0, 0.05) is 28.7 Å². The van der Waals surface area contributed by atoms with Crippen LogP contribution in [-0.2, 0) is 16.0 Å². The number of carbonyl (C=O) groups is 2. The Kier molecular flexibility index (Phi) is 6.06. The number of nitrogens with zero attached hydrogens (tertiary/aromatic N) is 1. The zero-order chi connectivity index (χ0) is 20.1. The standard InChI is InChI=1S/C21H21N3O3S/c1-13-19(28-21(22-13)15-6-4-9-18(10-15)27-3)12-20(26)24-17-8-5-7-16(11-17)23-14(2)25/h4-11H,12H2,1-3H3,(H,23,25)(H,24,26). The van der Waals surface area contributed by atoms with Crippen molar-refractivity contribution in [3.63, 3.8) is 0 Å². The van der Waals surface area contributed by atoms with Gasteiger partial charge < -0.3 is 15.4 Å². The Labute approximate surface area is 167 Å². The number of nitrogens with one attached hydrogen (secondary N) is 2. The van der Waals surface area contributed by atoms with E-state index in [1.807, 2.05) is 31.2 Å². The Morgan fingerprint density at radius 3 is 2.50 bits per heavy atom. The summed E-state index contributed by atoms with van der Waals surface area (Å²) >= 11 is 1.50. The lowest BCUT2D eigenvalue weighted by Crippen LogP contribution is -2.14. The minimum absolute atomic E-state index is 0.135. The summed E-state index contributed by atoms with van der Waals surface area (Å²) in [4.78, 5) is 29.2. The van der Waals surface area contributed by atoms with Crippen LogP contribution in [0.2, 0.25) is 0 Å². The summed E-state index contributed by atoms with van der Waals surface area (Å²) in [5, 5.41) is 6.42. The van der Waals surface area contributed by atoms with E-state index in [2.05, 4.69) is 15.6 Å². The Morgan fingerprint density at radius 1 is 1.07 bits per heavy atom. The fourth-order valence-corrected chi connectivity index (χ4v) is 3.76. The maximum Gasteiger partial charge on any atom is 0.229 e. The Balaban J connectivity index is 1.71. The Morgan fingerprint density at radius 2 is 1.79 bits per heavy atom. The highest BCUT2D eigenvalue weighted by atomic mass is 32.1. The SMILES string of the molecule is COc1cccc(-c2nc(C)c(CC(=O)Nc3cccc(NC(C)=O)c3)s2)c1. The highest BCUT2D eigenvalue weighted by molar-refractivity contribution is 7.15. The first-order valence-electron chi connectivity index (χ1n) is 8.73. The molecule has 2 aromatic carbocycles. The summed E-state index contributed by atoms with van der Waals surface area (Å²) in [7, 11) is 1.63. The van der Waals surface area contributed by atoms with Crippen LogP contribution in [0.25, 0.3) is 10.6 Å². The average Bonchev–Trinajstić information content (AvgIpc) is 3.02. The smallest absolute Gasteiger partial charge is 0.229 e. The average molecular weight is 395 g/mol. The molecule has 3 rings (SSSR count). The third kappa shape index (κ3) is 4.95. The number of thiazole rings is 1. The second-order valence-electron chi connectivity index (χ2n) is 6.25. The van der Waals surface area contributed by atoms with Crippen molar-refractivity contribution >= 4 is 34.5 Å². The summed E-state index contributed by atoms with van der Waals surface area (Å²) in [5.74, 6) is 0.474. The molecule has 0 saturated heterocycles. The number of rotatable bonds is 6. The monoisotopic (exact) mass is 395 g/mol. The summed E-state index contributed by atoms with van der Waals surface area (Å²) in [6, 6.07) is 14.7. The van der Waals surface area contributed by atoms with Crippen LogP contribution in [0.15, 0.2) is 48.5 Å². The van der Waals surface area contributed by atoms with E-state index in [0.29, 0.717) is 11.4 Å². The number of aryl methyl sites for hydroxylation is 1. The lowest BCUT2D eigenvalue weighted by molar-refractivity contribution is -0.115. The van der Waals surface area contributed by atoms with Crippen molar-refractivity contribution < 1.29 is 14.3 Å². The molecule has 1 heterocycles. The number of anilines is 2. The van der Waals surface area contributed by atoms with E-state index >= 15 is 0 Å². The maximum atomic E-state index is 12.5. The molecule has 0 aliphatic rings. The molecule has 0 fully saturated rings. The highest BCUT2D eigenvalue weighted by Crippen LogP contribution is 2.30. The van der Waals surface area contributed by atoms with Crippen molar-refractivity contribution in [3.05, 3.63) is 59.1 Å². The third-order valence-corrected chi connectivity index (χ3v) is 5.20. The second-order valence-corrected chi connectivity index (χ2v) is 7.33. The largest absolute Gasteiger partial charge is 0.497 e. The number of hydrogen-bond donors (Lipinski definition) is 2. The molecule has 0 bridgehead atoms. The Bertz CT molecular complexity index is 1010. The number of carbonyl (C=O) groups excluding carboxylic acids is 2. The van der Waals surface area contributed by atoms with E-state index in [4.69, 9.17) is 4.74 Å². The molecule has 2 amide bonds. The third-order valence-electron chi connectivity index (χ3n) is 4.00. The molecule has 144 valence electrons. The van der Waals surface area contributed by atoms with E-state index in [9.17, 15) is 9.59 Å². The van der Waals surface area contributed by atoms with Crippen LogP contribution in [-0.4, -0.2) is 23.9 Å². The van der Waals surface area contributed by atoms with Crippen molar-refractivity contribution in [1.29, 1.82) is 0 Å². The molecule has 1 aromatic heterocycles. The van der Waals surface area contributed by atoms with E-state index in [-0.39, 0.29) is 18.2 Å². The molecule has 0 saturated carbocycles. The van der Waals surface area contributed by atoms with Crippen LogP contribution in [0, 0.1) is 6.92 Å². The topological polar surface area (TPSA) is 80.3 Å². The minimum atomic E-state index is -0.158. The van der Waals surface area contributed by atoms with E-state index in [1.165, 1.54) is 18.3 Å². The van der Waals surface area contributed by atoms with E-state index in [0.717, 1.165) is 26.9 Å². The lowest BCUT2D eigenvalue weighted by atomic mass is 10.2. The molecular weight excluding hydrogens is 374 g/mol. The van der Waals surface area contributed by atoms with Crippen LogP contribution < -0.4 is 15.4 Å². The van der Waals surface area contributed by atoms with Gasteiger partial charge in [-0.2, -0.15) is 0 Å². The quantitative estimate of drug-likeness (QED) is 0.653. The molecule has 0 radical (unpaired) electrons. The number of methoxy groups -OCH3 is 1. The number of amides is 2. The summed E-state index contributed by atoms with van der Waals surface area (Å²) in [5.41, 5.74) is 3.07. The fourth-order valence-electron chi connectivity index (χ4n) is 2.70. The van der Waals surface area contributed by atoms with Gasteiger partial charge in [-0.15, -0.1) is 11.3 Å². The summed E-state index contributed by atoms with van der Waals surface area (Å²) in [6.07, 6.45) is 0.234. The van der Waals surface area contributed by atoms with Crippen molar-refractivity contribution in [3.8, 4) is 16.3 Å². The van der Waals surface area contributed by atoms with Gasteiger partial charge in [0.05, 0.1) is 19.2 Å². The first kappa shape index (κ1) is 19.6. The van der Waals surface area contributed by atoms with Crippen molar-refractivity contribution in [2.75, 3.05) is 17.7 Å². The lowest BCUT2D eigenvalue weighted by Gasteiger charge is -2.07. The van der Waals surface area contributed by atoms with E-state index in [1.54, 1.807) is 31.4 Å². The normalized spacial score (nSPS) is 10.4. The van der Waals surface area contributed by atoms with Crippen LogP contribution in [0.4, 0.5) is 11.4 Å². The molecule has 28 heavy (non-hydrogen) atoms. The molecule has 3 aromatic rings. The van der Waals surface area contributed by atoms with Gasteiger partial charge in [-0.05, 0) is 37.3 Å². The zero-order valence-electron chi connectivity index (χ0n) is 15.9. The highest BCUT2D eigenvalue weighted by Gasteiger charge is 2.14. The van der Waals surface area contributed by atoms with Gasteiger partial charge in [0.2, 0.25) is 11.8 Å². The van der Waals surface area contributed by atoms with E-state index < -0.39 is 0 Å². The molecule has 0 aliphatic carbocycles. The zero-order valence-corrected chi connectivity index (χ0v) is 16.7. The van der Waals surface area contributed by atoms with Gasteiger partial charge in [-0.25, -0.2) is 4.98 Å². The van der Waals surface area contributed by atoms with Crippen molar-refractivity contribution in [2.24, 2.45) is 0 Å². The van der Waals surface area contributed by atoms with Crippen molar-refractivity contribution in [1.82, 2.24) is 4.98 Å². The van der Waals surface area contributed by atoms with Crippen LogP contribution in [0.1, 0.15) is 17.5 Å². The first-order valence-corrected chi connectivity index (χ1v) is 9.54. The van der Waals surface area contributed by atoms with Gasteiger partial charge >= 0.3 is 0 Å². The van der Waals surface area contributed by atoms with Crippen LogP contribution in [0.5, 0.6) is 5.75 Å². The molecule has 2 N–H and O–H groups in total. The second kappa shape index (κ2) is 8.67. The van der Waals surface area contributed by atoms with Crippen LogP contribution in [0.3, 0.4) is 0 Å². The molecule has 7 heteroatoms. The summed E-state index contributed by atoms with van der Waals surface area (Å²) < 4.78 is 5.26. The number of aromatic nitrogens is 1. The molecule has 0 atom stereocenters.